The van der Waals surface area contributed by atoms with E-state index in [1.807, 2.05) is 13.8 Å². The van der Waals surface area contributed by atoms with Crippen molar-refractivity contribution in [2.45, 2.75) is 20.3 Å². The Bertz CT molecular complexity index is 91.1. The molecular weight excluding hydrogens is 118 g/mol. The second-order valence-corrected chi connectivity index (χ2v) is 2.26. The number of esters is 1. The average Bonchev–Trinajstić information content (AvgIpc) is 1.63. The second kappa shape index (κ2) is 4.32. The quantitative estimate of drug-likeness (QED) is 0.531. The van der Waals surface area contributed by atoms with Gasteiger partial charge in [0.1, 0.15) is 0 Å². The fraction of sp³-hybridized carbons (Fsp3) is 0.833. The van der Waals surface area contributed by atoms with Gasteiger partial charge in [-0.15, -0.1) is 0 Å². The van der Waals surface area contributed by atoms with Gasteiger partial charge < -0.3 is 4.74 Å². The molecule has 53 valence electrons. The maximum atomic E-state index is 10.5. The Balaban J connectivity index is 3.27. The molecule has 0 bridgehead atoms. The molecule has 0 saturated heterocycles. The number of carbonyl (C=O) groups excluding carboxylic acids is 1. The van der Waals surface area contributed by atoms with Gasteiger partial charge in [0.25, 0.3) is 0 Å². The van der Waals surface area contributed by atoms with Crippen LogP contribution in [-0.2, 0) is 9.53 Å². The predicted octanol–water partition coefficient (Wildman–Crippen LogP) is 0.816. The number of hydrogen-bond acceptors (Lipinski definition) is 2. The lowest BCUT2D eigenvalue weighted by molar-refractivity contribution is -0.144. The summed E-state index contributed by atoms with van der Waals surface area (Å²) in [5.74, 6) is 0.0454. The highest BCUT2D eigenvalue weighted by Crippen LogP contribution is 1.99. The van der Waals surface area contributed by atoms with Gasteiger partial charge in [-0.3, -0.25) is 4.79 Å². The van der Waals surface area contributed by atoms with E-state index in [0.29, 0.717) is 12.3 Å². The minimum Gasteiger partial charge on any atom is -0.448 e. The Kier molecular flexibility index (Phi) is 4.05. The molecule has 0 atom stereocenters. The van der Waals surface area contributed by atoms with Crippen molar-refractivity contribution in [3.8, 4) is 0 Å². The first-order valence-electron chi connectivity index (χ1n) is 2.97. The number of ether oxygens (including phenoxy) is 1. The molecule has 3 nitrogen and oxygen atoms in total. The largest absolute Gasteiger partial charge is 0.448 e. The maximum absolute atomic E-state index is 10.5. The fourth-order valence-corrected chi connectivity index (χ4v) is 0.473. The molecule has 0 aliphatic carbocycles. The van der Waals surface area contributed by atoms with Crippen LogP contribution >= 0.6 is 0 Å². The van der Waals surface area contributed by atoms with Gasteiger partial charge in [0, 0.05) is 6.42 Å². The average molecular weight is 130 g/mol. The number of rotatable bonds is 3. The van der Waals surface area contributed by atoms with Crippen LogP contribution in [0.1, 0.15) is 20.3 Å². The first kappa shape index (κ1) is 8.43. The van der Waals surface area contributed by atoms with Crippen LogP contribution in [0.15, 0.2) is 0 Å². The van der Waals surface area contributed by atoms with Crippen LogP contribution < -0.4 is 5.73 Å². The SMILES string of the molecule is CC(C)CC(=O)OC[NH]. The first-order valence-corrected chi connectivity index (χ1v) is 2.97. The Hall–Kier alpha value is -0.570. The second-order valence-electron chi connectivity index (χ2n) is 2.26. The lowest BCUT2D eigenvalue weighted by Gasteiger charge is -2.01. The molecule has 0 rings (SSSR count). The van der Waals surface area contributed by atoms with E-state index < -0.39 is 0 Å². The molecule has 0 saturated carbocycles. The Morgan fingerprint density at radius 1 is 1.67 bits per heavy atom. The van der Waals surface area contributed by atoms with Crippen LogP contribution in [0.2, 0.25) is 0 Å². The molecule has 0 unspecified atom stereocenters. The van der Waals surface area contributed by atoms with E-state index in [1.54, 1.807) is 0 Å². The number of hydrogen-bond donors (Lipinski definition) is 0. The first-order chi connectivity index (χ1) is 4.16. The Labute approximate surface area is 55.2 Å². The molecule has 0 aromatic heterocycles. The molecule has 0 aromatic carbocycles. The smallest absolute Gasteiger partial charge is 0.307 e. The van der Waals surface area contributed by atoms with Crippen LogP contribution in [0, 0.1) is 5.92 Å². The van der Waals surface area contributed by atoms with Crippen molar-refractivity contribution in [3.63, 3.8) is 0 Å². The minimum absolute atomic E-state index is 0.258. The summed E-state index contributed by atoms with van der Waals surface area (Å²) in [6.07, 6.45) is 0.416. The molecule has 0 aromatic rings. The molecule has 1 N–H and O–H groups in total. The highest BCUT2D eigenvalue weighted by atomic mass is 16.5. The maximum Gasteiger partial charge on any atom is 0.307 e. The van der Waals surface area contributed by atoms with Crippen LogP contribution in [0.3, 0.4) is 0 Å². The van der Waals surface area contributed by atoms with Gasteiger partial charge in [-0.1, -0.05) is 13.8 Å². The Morgan fingerprint density at radius 2 is 2.22 bits per heavy atom. The minimum atomic E-state index is -0.278. The Morgan fingerprint density at radius 3 is 2.56 bits per heavy atom. The van der Waals surface area contributed by atoms with Gasteiger partial charge in [-0.2, -0.15) is 0 Å². The molecule has 9 heavy (non-hydrogen) atoms. The van der Waals surface area contributed by atoms with Gasteiger partial charge in [0.05, 0.1) is 0 Å². The van der Waals surface area contributed by atoms with Crippen molar-refractivity contribution < 1.29 is 9.53 Å². The molecule has 1 radical (unpaired) electrons. The molecule has 0 spiro atoms. The van der Waals surface area contributed by atoms with Crippen molar-refractivity contribution in [3.05, 3.63) is 0 Å². The summed E-state index contributed by atoms with van der Waals surface area (Å²) in [7, 11) is 0. The molecule has 3 heteroatoms. The summed E-state index contributed by atoms with van der Waals surface area (Å²) in [6.45, 7) is 3.61. The van der Waals surface area contributed by atoms with Crippen molar-refractivity contribution in [1.82, 2.24) is 5.73 Å². The molecular formula is C6H12NO2. The monoisotopic (exact) mass is 130 g/mol. The van der Waals surface area contributed by atoms with E-state index in [9.17, 15) is 4.79 Å². The van der Waals surface area contributed by atoms with Gasteiger partial charge in [-0.25, -0.2) is 5.73 Å². The normalized spacial score (nSPS) is 9.78. The molecule has 0 amide bonds. The summed E-state index contributed by atoms with van der Waals surface area (Å²) < 4.78 is 4.38. The van der Waals surface area contributed by atoms with Crippen molar-refractivity contribution in [2.75, 3.05) is 6.73 Å². The zero-order valence-electron chi connectivity index (χ0n) is 5.81. The summed E-state index contributed by atoms with van der Waals surface area (Å²) in [5.41, 5.74) is 6.53. The third-order valence-corrected chi connectivity index (χ3v) is 0.808. The van der Waals surface area contributed by atoms with Gasteiger partial charge in [-0.05, 0) is 5.92 Å². The summed E-state index contributed by atoms with van der Waals surface area (Å²) in [6, 6.07) is 0. The molecule has 0 fully saturated rings. The van der Waals surface area contributed by atoms with Gasteiger partial charge in [0.15, 0.2) is 6.73 Å². The van der Waals surface area contributed by atoms with Gasteiger partial charge in [0.2, 0.25) is 0 Å². The standard InChI is InChI=1S/C6H12NO2/c1-5(2)3-6(8)9-4-7/h5,7H,3-4H2,1-2H3. The summed E-state index contributed by atoms with van der Waals surface area (Å²) in [5, 5.41) is 0. The van der Waals surface area contributed by atoms with E-state index in [4.69, 9.17) is 5.73 Å². The third-order valence-electron chi connectivity index (χ3n) is 0.808. The highest BCUT2D eigenvalue weighted by Gasteiger charge is 2.03. The zero-order valence-corrected chi connectivity index (χ0v) is 5.81. The van der Waals surface area contributed by atoms with Crippen LogP contribution in [0.5, 0.6) is 0 Å². The lowest BCUT2D eigenvalue weighted by atomic mass is 10.1. The predicted molar refractivity (Wildman–Crippen MR) is 33.5 cm³/mol. The summed E-state index contributed by atoms with van der Waals surface area (Å²) >= 11 is 0. The molecule has 0 aliphatic heterocycles. The number of nitrogens with one attached hydrogen (secondary N) is 1. The highest BCUT2D eigenvalue weighted by molar-refractivity contribution is 5.69. The lowest BCUT2D eigenvalue weighted by Crippen LogP contribution is -2.08. The van der Waals surface area contributed by atoms with E-state index in [-0.39, 0.29) is 12.7 Å². The summed E-state index contributed by atoms with van der Waals surface area (Å²) in [4.78, 5) is 10.5. The van der Waals surface area contributed by atoms with Crippen molar-refractivity contribution >= 4 is 5.97 Å². The van der Waals surface area contributed by atoms with E-state index in [1.165, 1.54) is 0 Å². The third kappa shape index (κ3) is 5.30. The van der Waals surface area contributed by atoms with E-state index in [2.05, 4.69) is 4.74 Å². The van der Waals surface area contributed by atoms with Crippen molar-refractivity contribution in [1.29, 1.82) is 0 Å². The molecule has 0 heterocycles. The zero-order chi connectivity index (χ0) is 7.28. The van der Waals surface area contributed by atoms with E-state index >= 15 is 0 Å². The van der Waals surface area contributed by atoms with E-state index in [0.717, 1.165) is 0 Å². The number of carbonyl (C=O) groups is 1. The van der Waals surface area contributed by atoms with Crippen molar-refractivity contribution in [2.24, 2.45) is 5.92 Å². The van der Waals surface area contributed by atoms with Gasteiger partial charge >= 0.3 is 5.97 Å². The fourth-order valence-electron chi connectivity index (χ4n) is 0.473. The van der Waals surface area contributed by atoms with Crippen LogP contribution in [0.4, 0.5) is 0 Å². The van der Waals surface area contributed by atoms with Crippen LogP contribution in [-0.4, -0.2) is 12.7 Å². The van der Waals surface area contributed by atoms with Crippen LogP contribution in [0.25, 0.3) is 0 Å². The molecule has 0 aliphatic rings. The topological polar surface area (TPSA) is 50.1 Å².